The maximum absolute atomic E-state index is 12.4. The summed E-state index contributed by atoms with van der Waals surface area (Å²) < 4.78 is 32.7. The number of ether oxygens (including phenoxy) is 1. The summed E-state index contributed by atoms with van der Waals surface area (Å²) in [6.07, 6.45) is 0. The summed E-state index contributed by atoms with van der Waals surface area (Å²) in [6.45, 7) is 2.64. The smallest absolute Gasteiger partial charge is 0.323 e. The number of aromatic amines is 2. The van der Waals surface area contributed by atoms with Crippen LogP contribution >= 0.6 is 0 Å². The summed E-state index contributed by atoms with van der Waals surface area (Å²) in [6, 6.07) is 11.6. The van der Waals surface area contributed by atoms with E-state index in [2.05, 4.69) is 14.7 Å². The van der Waals surface area contributed by atoms with E-state index in [9.17, 15) is 13.2 Å². The molecule has 24 heavy (non-hydrogen) atoms. The highest BCUT2D eigenvalue weighted by atomic mass is 32.2. The van der Waals surface area contributed by atoms with Crippen LogP contribution in [-0.2, 0) is 16.6 Å². The number of aromatic nitrogens is 2. The van der Waals surface area contributed by atoms with E-state index in [1.54, 1.807) is 30.3 Å². The van der Waals surface area contributed by atoms with Crippen molar-refractivity contribution in [3.8, 4) is 5.75 Å². The molecule has 0 aliphatic rings. The topological polar surface area (TPSA) is 104 Å². The SMILES string of the molecule is CCOc1ccc(CNS(=O)(=O)c2ccc3[nH]c(=O)[nH]c3c2)cc1. The van der Waals surface area contributed by atoms with E-state index >= 15 is 0 Å². The summed E-state index contributed by atoms with van der Waals surface area (Å²) in [5.41, 5.74) is 1.45. The lowest BCUT2D eigenvalue weighted by Crippen LogP contribution is -2.23. The predicted octanol–water partition coefficient (Wildman–Crippen LogP) is 1.73. The van der Waals surface area contributed by atoms with Crippen molar-refractivity contribution in [1.82, 2.24) is 14.7 Å². The van der Waals surface area contributed by atoms with Gasteiger partial charge in [-0.15, -0.1) is 0 Å². The fourth-order valence-electron chi connectivity index (χ4n) is 2.31. The Kier molecular flexibility index (Phi) is 4.41. The molecule has 0 saturated carbocycles. The molecule has 8 heteroatoms. The van der Waals surface area contributed by atoms with Crippen LogP contribution in [0.2, 0.25) is 0 Å². The van der Waals surface area contributed by atoms with Crippen LogP contribution in [0.25, 0.3) is 11.0 Å². The minimum Gasteiger partial charge on any atom is -0.494 e. The number of imidazole rings is 1. The number of rotatable bonds is 6. The van der Waals surface area contributed by atoms with Crippen molar-refractivity contribution in [1.29, 1.82) is 0 Å². The summed E-state index contributed by atoms with van der Waals surface area (Å²) in [7, 11) is -3.68. The quantitative estimate of drug-likeness (QED) is 0.632. The third kappa shape index (κ3) is 3.50. The van der Waals surface area contributed by atoms with Crippen LogP contribution in [0.4, 0.5) is 0 Å². The molecule has 0 aliphatic heterocycles. The van der Waals surface area contributed by atoms with Crippen molar-refractivity contribution in [2.45, 2.75) is 18.4 Å². The molecule has 1 aromatic heterocycles. The van der Waals surface area contributed by atoms with Gasteiger partial charge in [0.1, 0.15) is 5.75 Å². The fraction of sp³-hybridized carbons (Fsp3) is 0.188. The minimum absolute atomic E-state index is 0.0937. The molecule has 0 bridgehead atoms. The van der Waals surface area contributed by atoms with E-state index in [0.717, 1.165) is 11.3 Å². The van der Waals surface area contributed by atoms with Crippen LogP contribution in [-0.4, -0.2) is 25.0 Å². The number of H-pyrrole nitrogens is 2. The van der Waals surface area contributed by atoms with Crippen LogP contribution in [0.1, 0.15) is 12.5 Å². The molecule has 0 spiro atoms. The monoisotopic (exact) mass is 347 g/mol. The van der Waals surface area contributed by atoms with Crippen LogP contribution in [0.5, 0.6) is 5.75 Å². The molecular weight excluding hydrogens is 330 g/mol. The maximum Gasteiger partial charge on any atom is 0.323 e. The predicted molar refractivity (Wildman–Crippen MR) is 90.6 cm³/mol. The zero-order valence-corrected chi connectivity index (χ0v) is 13.8. The van der Waals surface area contributed by atoms with Crippen molar-refractivity contribution in [3.63, 3.8) is 0 Å². The van der Waals surface area contributed by atoms with E-state index in [0.29, 0.717) is 17.6 Å². The van der Waals surface area contributed by atoms with Crippen molar-refractivity contribution < 1.29 is 13.2 Å². The van der Waals surface area contributed by atoms with Crippen molar-refractivity contribution in [2.75, 3.05) is 6.61 Å². The van der Waals surface area contributed by atoms with E-state index in [1.807, 2.05) is 6.92 Å². The second-order valence-corrected chi connectivity index (χ2v) is 6.95. The number of hydrogen-bond acceptors (Lipinski definition) is 4. The Bertz CT molecular complexity index is 1000. The Balaban J connectivity index is 1.75. The molecule has 7 nitrogen and oxygen atoms in total. The van der Waals surface area contributed by atoms with Gasteiger partial charge in [-0.2, -0.15) is 0 Å². The highest BCUT2D eigenvalue weighted by Crippen LogP contribution is 2.16. The standard InChI is InChI=1S/C16H17N3O4S/c1-2-23-12-5-3-11(4-6-12)10-17-24(21,22)13-7-8-14-15(9-13)19-16(20)18-14/h3-9,17H,2,10H2,1H3,(H2,18,19,20). The van der Waals surface area contributed by atoms with Gasteiger partial charge in [0.15, 0.2) is 0 Å². The Morgan fingerprint density at radius 2 is 1.75 bits per heavy atom. The second kappa shape index (κ2) is 6.50. The first-order valence-electron chi connectivity index (χ1n) is 7.41. The Labute approximate surface area is 138 Å². The van der Waals surface area contributed by atoms with Gasteiger partial charge in [-0.25, -0.2) is 17.9 Å². The molecule has 0 fully saturated rings. The van der Waals surface area contributed by atoms with Gasteiger partial charge in [0.2, 0.25) is 10.0 Å². The van der Waals surface area contributed by atoms with Gasteiger partial charge >= 0.3 is 5.69 Å². The fourth-order valence-corrected chi connectivity index (χ4v) is 3.35. The van der Waals surface area contributed by atoms with E-state index in [-0.39, 0.29) is 17.1 Å². The Hall–Kier alpha value is -2.58. The largest absolute Gasteiger partial charge is 0.494 e. The summed E-state index contributed by atoms with van der Waals surface area (Å²) in [5.74, 6) is 0.742. The van der Waals surface area contributed by atoms with Crippen LogP contribution in [0.3, 0.4) is 0 Å². The third-order valence-corrected chi connectivity index (χ3v) is 4.90. The van der Waals surface area contributed by atoms with Crippen molar-refractivity contribution in [3.05, 3.63) is 58.5 Å². The number of nitrogens with one attached hydrogen (secondary N) is 3. The normalized spacial score (nSPS) is 11.7. The summed E-state index contributed by atoms with van der Waals surface area (Å²) in [5, 5.41) is 0. The van der Waals surface area contributed by atoms with Gasteiger partial charge in [-0.05, 0) is 42.8 Å². The molecule has 0 saturated heterocycles. The zero-order valence-electron chi connectivity index (χ0n) is 13.0. The number of benzene rings is 2. The molecule has 0 amide bonds. The van der Waals surface area contributed by atoms with E-state index < -0.39 is 10.0 Å². The second-order valence-electron chi connectivity index (χ2n) is 5.19. The van der Waals surface area contributed by atoms with Crippen LogP contribution < -0.4 is 15.1 Å². The molecule has 1 heterocycles. The molecule has 2 aromatic carbocycles. The number of sulfonamides is 1. The molecule has 3 rings (SSSR count). The van der Waals surface area contributed by atoms with Gasteiger partial charge in [-0.1, -0.05) is 12.1 Å². The van der Waals surface area contributed by atoms with E-state index in [4.69, 9.17) is 4.74 Å². The average Bonchev–Trinajstić information content (AvgIpc) is 2.94. The zero-order chi connectivity index (χ0) is 17.2. The van der Waals surface area contributed by atoms with Gasteiger partial charge in [0.25, 0.3) is 0 Å². The lowest BCUT2D eigenvalue weighted by molar-refractivity contribution is 0.340. The summed E-state index contributed by atoms with van der Waals surface area (Å²) >= 11 is 0. The molecule has 3 aromatic rings. The Morgan fingerprint density at radius 1 is 1.04 bits per heavy atom. The van der Waals surface area contributed by atoms with Gasteiger partial charge in [0.05, 0.1) is 22.5 Å². The minimum atomic E-state index is -3.68. The molecular formula is C16H17N3O4S. The van der Waals surface area contributed by atoms with Gasteiger partial charge in [0, 0.05) is 6.54 Å². The molecule has 3 N–H and O–H groups in total. The molecule has 126 valence electrons. The molecule has 0 radical (unpaired) electrons. The number of fused-ring (bicyclic) bond motifs is 1. The first kappa shape index (κ1) is 16.3. The maximum atomic E-state index is 12.4. The third-order valence-electron chi connectivity index (χ3n) is 3.50. The van der Waals surface area contributed by atoms with Crippen LogP contribution in [0, 0.1) is 0 Å². The lowest BCUT2D eigenvalue weighted by Gasteiger charge is -2.08. The highest BCUT2D eigenvalue weighted by molar-refractivity contribution is 7.89. The molecule has 0 aliphatic carbocycles. The first-order chi connectivity index (χ1) is 11.5. The summed E-state index contributed by atoms with van der Waals surface area (Å²) in [4.78, 5) is 16.5. The van der Waals surface area contributed by atoms with Gasteiger partial charge < -0.3 is 14.7 Å². The first-order valence-corrected chi connectivity index (χ1v) is 8.90. The lowest BCUT2D eigenvalue weighted by atomic mass is 10.2. The van der Waals surface area contributed by atoms with Crippen LogP contribution in [0.15, 0.2) is 52.2 Å². The number of hydrogen-bond donors (Lipinski definition) is 3. The van der Waals surface area contributed by atoms with Crippen molar-refractivity contribution in [2.24, 2.45) is 0 Å². The van der Waals surface area contributed by atoms with Gasteiger partial charge in [-0.3, -0.25) is 0 Å². The Morgan fingerprint density at radius 3 is 2.46 bits per heavy atom. The van der Waals surface area contributed by atoms with Crippen molar-refractivity contribution >= 4 is 21.1 Å². The van der Waals surface area contributed by atoms with E-state index in [1.165, 1.54) is 12.1 Å². The molecule has 0 atom stereocenters. The molecule has 0 unspecified atom stereocenters. The highest BCUT2D eigenvalue weighted by Gasteiger charge is 2.15. The average molecular weight is 347 g/mol.